The minimum atomic E-state index is -4.49. The zero-order valence-corrected chi connectivity index (χ0v) is 16.9. The van der Waals surface area contributed by atoms with Gasteiger partial charge < -0.3 is 0 Å². The van der Waals surface area contributed by atoms with Gasteiger partial charge in [-0.25, -0.2) is 8.42 Å². The third-order valence-electron chi connectivity index (χ3n) is 4.90. The number of alkyl halides is 3. The van der Waals surface area contributed by atoms with E-state index in [1.807, 2.05) is 6.92 Å². The minimum absolute atomic E-state index is 0.0604. The van der Waals surface area contributed by atoms with Gasteiger partial charge in [-0.2, -0.15) is 13.2 Å². The lowest BCUT2D eigenvalue weighted by atomic mass is 9.82. The summed E-state index contributed by atoms with van der Waals surface area (Å²) in [6.07, 6.45) is -3.21. The lowest BCUT2D eigenvalue weighted by Crippen LogP contribution is -2.30. The molecule has 1 heterocycles. The molecular formula is C21H20F3NO3S. The van der Waals surface area contributed by atoms with Crippen LogP contribution in [0, 0.1) is 12.3 Å². The van der Waals surface area contributed by atoms with E-state index in [1.165, 1.54) is 18.3 Å². The Bertz CT molecular complexity index is 1070. The third kappa shape index (κ3) is 4.07. The molecule has 0 radical (unpaired) electrons. The average Bonchev–Trinajstić information content (AvgIpc) is 2.97. The molecule has 0 bridgehead atoms. The first-order valence-electron chi connectivity index (χ1n) is 8.85. The average molecular weight is 423 g/mol. The van der Waals surface area contributed by atoms with Crippen molar-refractivity contribution in [3.63, 3.8) is 0 Å². The molecule has 3 rings (SSSR count). The first-order chi connectivity index (χ1) is 13.3. The van der Waals surface area contributed by atoms with E-state index in [2.05, 4.69) is 0 Å². The van der Waals surface area contributed by atoms with Crippen LogP contribution in [-0.2, 0) is 16.2 Å². The number of halogens is 3. The fourth-order valence-electron chi connectivity index (χ4n) is 3.17. The Balaban J connectivity index is 1.94. The van der Waals surface area contributed by atoms with Crippen LogP contribution < -0.4 is 0 Å². The highest BCUT2D eigenvalue weighted by Crippen LogP contribution is 2.39. The zero-order chi connectivity index (χ0) is 21.6. The summed E-state index contributed by atoms with van der Waals surface area (Å²) in [7, 11) is -3.85. The molecule has 2 aromatic rings. The van der Waals surface area contributed by atoms with Crippen molar-refractivity contribution in [3.05, 3.63) is 77.0 Å². The molecule has 154 valence electrons. The molecule has 0 amide bonds. The van der Waals surface area contributed by atoms with Crippen LogP contribution in [0.3, 0.4) is 0 Å². The fraction of sp³-hybridized carbons (Fsp3) is 0.286. The van der Waals surface area contributed by atoms with Crippen LogP contribution in [0.4, 0.5) is 13.2 Å². The molecule has 4 nitrogen and oxygen atoms in total. The van der Waals surface area contributed by atoms with Crippen LogP contribution in [0.1, 0.15) is 35.3 Å². The number of benzene rings is 2. The standard InChI is InChI=1S/C21H20F3NO3S/c1-14-4-10-17(11-5-14)29(27,28)25-12-18(20(2,3)13-25)19(26)15-6-8-16(9-7-15)21(22,23)24/h4-12H,13H2,1-3H3. The van der Waals surface area contributed by atoms with Crippen molar-refractivity contribution in [2.45, 2.75) is 31.8 Å². The van der Waals surface area contributed by atoms with Gasteiger partial charge in [-0.15, -0.1) is 0 Å². The number of sulfonamides is 1. The van der Waals surface area contributed by atoms with Crippen LogP contribution >= 0.6 is 0 Å². The van der Waals surface area contributed by atoms with Gasteiger partial charge in [0.15, 0.2) is 5.78 Å². The van der Waals surface area contributed by atoms with Gasteiger partial charge in [0.2, 0.25) is 0 Å². The molecule has 0 N–H and O–H groups in total. The fourth-order valence-corrected chi connectivity index (χ4v) is 4.66. The highest BCUT2D eigenvalue weighted by molar-refractivity contribution is 7.89. The zero-order valence-electron chi connectivity index (χ0n) is 16.1. The molecule has 1 aliphatic heterocycles. The largest absolute Gasteiger partial charge is 0.416 e. The predicted octanol–water partition coefficient (Wildman–Crippen LogP) is 4.81. The molecule has 0 fully saturated rings. The highest BCUT2D eigenvalue weighted by atomic mass is 32.2. The number of rotatable bonds is 4. The Morgan fingerprint density at radius 3 is 2.07 bits per heavy atom. The molecule has 0 saturated carbocycles. The van der Waals surface area contributed by atoms with E-state index in [9.17, 15) is 26.4 Å². The lowest BCUT2D eigenvalue weighted by molar-refractivity contribution is -0.137. The van der Waals surface area contributed by atoms with Gasteiger partial charge in [0.1, 0.15) is 0 Å². The maximum absolute atomic E-state index is 12.9. The molecule has 0 aliphatic carbocycles. The second-order valence-corrected chi connectivity index (χ2v) is 9.58. The minimum Gasteiger partial charge on any atom is -0.289 e. The van der Waals surface area contributed by atoms with Crippen molar-refractivity contribution in [2.75, 3.05) is 6.54 Å². The van der Waals surface area contributed by atoms with Crippen molar-refractivity contribution in [1.82, 2.24) is 4.31 Å². The van der Waals surface area contributed by atoms with Gasteiger partial charge in [-0.1, -0.05) is 43.7 Å². The molecule has 0 aromatic heterocycles. The van der Waals surface area contributed by atoms with Crippen LogP contribution in [0.2, 0.25) is 0 Å². The third-order valence-corrected chi connectivity index (χ3v) is 6.62. The van der Waals surface area contributed by atoms with E-state index in [1.54, 1.807) is 26.0 Å². The second kappa shape index (κ2) is 7.02. The number of ketones is 1. The van der Waals surface area contributed by atoms with E-state index in [-0.39, 0.29) is 22.6 Å². The van der Waals surface area contributed by atoms with Crippen LogP contribution in [0.15, 0.2) is 65.2 Å². The first-order valence-corrected chi connectivity index (χ1v) is 10.3. The maximum atomic E-state index is 12.9. The summed E-state index contributed by atoms with van der Waals surface area (Å²) < 4.78 is 65.2. The second-order valence-electron chi connectivity index (χ2n) is 7.69. The van der Waals surface area contributed by atoms with Crippen molar-refractivity contribution in [2.24, 2.45) is 5.41 Å². The van der Waals surface area contributed by atoms with Crippen molar-refractivity contribution in [3.8, 4) is 0 Å². The van der Waals surface area contributed by atoms with Gasteiger partial charge >= 0.3 is 6.18 Å². The summed E-state index contributed by atoms with van der Waals surface area (Å²) >= 11 is 0. The van der Waals surface area contributed by atoms with Gasteiger partial charge in [-0.05, 0) is 31.2 Å². The number of carbonyl (C=O) groups excluding carboxylic acids is 1. The molecule has 8 heteroatoms. The van der Waals surface area contributed by atoms with Gasteiger partial charge in [-0.3, -0.25) is 9.10 Å². The van der Waals surface area contributed by atoms with Crippen molar-refractivity contribution < 1.29 is 26.4 Å². The van der Waals surface area contributed by atoms with Crippen molar-refractivity contribution >= 4 is 15.8 Å². The smallest absolute Gasteiger partial charge is 0.289 e. The summed E-state index contributed by atoms with van der Waals surface area (Å²) in [6.45, 7) is 5.36. The van der Waals surface area contributed by atoms with E-state index in [0.29, 0.717) is 0 Å². The first kappa shape index (κ1) is 21.1. The van der Waals surface area contributed by atoms with Crippen LogP contribution in [0.5, 0.6) is 0 Å². The predicted molar refractivity (Wildman–Crippen MR) is 103 cm³/mol. The van der Waals surface area contributed by atoms with Gasteiger partial charge in [0.05, 0.1) is 10.5 Å². The Kier molecular flexibility index (Phi) is 5.11. The topological polar surface area (TPSA) is 54.5 Å². The Labute approximate surface area is 167 Å². The van der Waals surface area contributed by atoms with Gasteiger partial charge in [0.25, 0.3) is 10.0 Å². The van der Waals surface area contributed by atoms with E-state index < -0.39 is 33.0 Å². The molecule has 0 atom stereocenters. The van der Waals surface area contributed by atoms with E-state index >= 15 is 0 Å². The van der Waals surface area contributed by atoms with E-state index in [0.717, 1.165) is 34.1 Å². The molecule has 0 saturated heterocycles. The lowest BCUT2D eigenvalue weighted by Gasteiger charge is -2.23. The maximum Gasteiger partial charge on any atom is 0.416 e. The van der Waals surface area contributed by atoms with Crippen LogP contribution in [-0.4, -0.2) is 25.1 Å². The van der Waals surface area contributed by atoms with Crippen LogP contribution in [0.25, 0.3) is 0 Å². The normalized spacial score (nSPS) is 16.6. The Morgan fingerprint density at radius 2 is 1.55 bits per heavy atom. The molecule has 0 spiro atoms. The summed E-state index contributed by atoms with van der Waals surface area (Å²) in [5.41, 5.74) is -0.422. The molecule has 2 aromatic carbocycles. The number of carbonyl (C=O) groups is 1. The summed E-state index contributed by atoms with van der Waals surface area (Å²) in [4.78, 5) is 13.0. The monoisotopic (exact) mass is 423 g/mol. The number of Topliss-reactive ketones (excluding diaryl/α,β-unsaturated/α-hetero) is 1. The quantitative estimate of drug-likeness (QED) is 0.663. The van der Waals surface area contributed by atoms with E-state index in [4.69, 9.17) is 0 Å². The number of hydrogen-bond acceptors (Lipinski definition) is 3. The Morgan fingerprint density at radius 1 is 1.00 bits per heavy atom. The van der Waals surface area contributed by atoms with Gasteiger partial charge in [0, 0.05) is 29.3 Å². The molecule has 0 unspecified atom stereocenters. The Hall–Kier alpha value is -2.61. The highest BCUT2D eigenvalue weighted by Gasteiger charge is 2.41. The molecule has 1 aliphatic rings. The number of aryl methyl sites for hydroxylation is 1. The summed E-state index contributed by atoms with van der Waals surface area (Å²) in [5.74, 6) is -0.495. The number of nitrogens with zero attached hydrogens (tertiary/aromatic N) is 1. The summed E-state index contributed by atoms with van der Waals surface area (Å²) in [6, 6.07) is 10.3. The number of hydrogen-bond donors (Lipinski definition) is 0. The summed E-state index contributed by atoms with van der Waals surface area (Å²) in [5, 5.41) is 0. The van der Waals surface area contributed by atoms with Crippen molar-refractivity contribution in [1.29, 1.82) is 0 Å². The molecular weight excluding hydrogens is 403 g/mol. The SMILES string of the molecule is Cc1ccc(S(=O)(=O)N2C=C(C(=O)c3ccc(C(F)(F)F)cc3)C(C)(C)C2)cc1. The molecule has 29 heavy (non-hydrogen) atoms.